The van der Waals surface area contributed by atoms with Crippen LogP contribution >= 0.6 is 24.8 Å². The monoisotopic (exact) mass is 686 g/mol. The summed E-state index contributed by atoms with van der Waals surface area (Å²) >= 11 is 0. The standard InChI is InChI=1S/C33H38N6O6.2ClH/c1-19-20(6-13-30(34)38-19)16-37-32(40)27-12-7-21-17-35-31(33(41)39(21)27)36-18-26(24-10-8-22(42-2)14-28(24)44-4)25-11-9-23(43-3)15-29(25)45-5;;/h6,8-11,13-15,17,26-27H,7,12,16,18H2,1-5H3,(H2,34,38)(H,35,36)(H,37,40);2*1H/t27-;;/m0../s1. The van der Waals surface area contributed by atoms with Gasteiger partial charge in [-0.25, -0.2) is 9.97 Å². The Labute approximate surface area is 285 Å². The van der Waals surface area contributed by atoms with Gasteiger partial charge < -0.3 is 35.3 Å². The van der Waals surface area contributed by atoms with E-state index in [2.05, 4.69) is 20.6 Å². The first-order chi connectivity index (χ1) is 21.8. The van der Waals surface area contributed by atoms with Crippen molar-refractivity contribution >= 4 is 42.4 Å². The van der Waals surface area contributed by atoms with Crippen LogP contribution in [0.3, 0.4) is 0 Å². The van der Waals surface area contributed by atoms with Crippen LogP contribution in [-0.2, 0) is 17.8 Å². The quantitative estimate of drug-likeness (QED) is 0.195. The zero-order valence-electron chi connectivity index (χ0n) is 26.9. The average molecular weight is 688 g/mol. The molecule has 5 rings (SSSR count). The van der Waals surface area contributed by atoms with Crippen LogP contribution in [0.1, 0.15) is 46.5 Å². The number of benzene rings is 2. The van der Waals surface area contributed by atoms with Crippen molar-refractivity contribution in [1.29, 1.82) is 0 Å². The minimum atomic E-state index is -0.655. The molecule has 1 aliphatic rings. The van der Waals surface area contributed by atoms with Crippen LogP contribution in [0.25, 0.3) is 0 Å². The van der Waals surface area contributed by atoms with Crippen molar-refractivity contribution in [1.82, 2.24) is 19.9 Å². The Morgan fingerprint density at radius 2 is 1.57 bits per heavy atom. The molecule has 0 fully saturated rings. The summed E-state index contributed by atoms with van der Waals surface area (Å²) in [7, 11) is 6.38. The van der Waals surface area contributed by atoms with Crippen molar-refractivity contribution in [2.75, 3.05) is 46.0 Å². The van der Waals surface area contributed by atoms with E-state index in [1.807, 2.05) is 49.4 Å². The van der Waals surface area contributed by atoms with Crippen LogP contribution in [0.2, 0.25) is 0 Å². The molecule has 47 heavy (non-hydrogen) atoms. The average Bonchev–Trinajstić information content (AvgIpc) is 3.50. The third-order valence-electron chi connectivity index (χ3n) is 8.14. The number of halogens is 2. The minimum absolute atomic E-state index is 0. The van der Waals surface area contributed by atoms with E-state index in [1.165, 1.54) is 4.57 Å². The van der Waals surface area contributed by atoms with Gasteiger partial charge in [0.25, 0.3) is 5.56 Å². The molecule has 1 atom stereocenters. The molecule has 12 nitrogen and oxygen atoms in total. The van der Waals surface area contributed by atoms with E-state index < -0.39 is 6.04 Å². The van der Waals surface area contributed by atoms with Gasteiger partial charge in [0.05, 0.1) is 28.4 Å². The summed E-state index contributed by atoms with van der Waals surface area (Å²) in [6.07, 6.45) is 2.72. The van der Waals surface area contributed by atoms with Crippen molar-refractivity contribution in [3.8, 4) is 23.0 Å². The predicted octanol–water partition coefficient (Wildman–Crippen LogP) is 4.45. The van der Waals surface area contributed by atoms with E-state index in [4.69, 9.17) is 24.7 Å². The van der Waals surface area contributed by atoms with Crippen molar-refractivity contribution < 1.29 is 23.7 Å². The van der Waals surface area contributed by atoms with Gasteiger partial charge in [-0.1, -0.05) is 18.2 Å². The first kappa shape index (κ1) is 36.8. The third-order valence-corrected chi connectivity index (χ3v) is 8.14. The molecule has 0 spiro atoms. The Kier molecular flexibility index (Phi) is 12.7. The molecule has 1 amide bonds. The number of fused-ring (bicyclic) bond motifs is 1. The van der Waals surface area contributed by atoms with Crippen molar-refractivity contribution in [3.05, 3.63) is 93.2 Å². The molecule has 252 valence electrons. The zero-order chi connectivity index (χ0) is 32.1. The Morgan fingerprint density at radius 1 is 0.957 bits per heavy atom. The largest absolute Gasteiger partial charge is 0.497 e. The molecule has 0 unspecified atom stereocenters. The first-order valence-electron chi connectivity index (χ1n) is 14.6. The lowest BCUT2D eigenvalue weighted by Crippen LogP contribution is -2.36. The number of pyridine rings is 1. The van der Waals surface area contributed by atoms with E-state index in [0.29, 0.717) is 47.4 Å². The number of hydrogen-bond donors (Lipinski definition) is 3. The summed E-state index contributed by atoms with van der Waals surface area (Å²) in [6.45, 7) is 2.39. The highest BCUT2D eigenvalue weighted by molar-refractivity contribution is 5.85. The number of anilines is 2. The van der Waals surface area contributed by atoms with Crippen molar-refractivity contribution in [2.45, 2.75) is 38.3 Å². The van der Waals surface area contributed by atoms with Gasteiger partial charge >= 0.3 is 0 Å². The molecule has 2 aromatic carbocycles. The number of rotatable bonds is 12. The number of hydrogen-bond acceptors (Lipinski definition) is 10. The second-order valence-corrected chi connectivity index (χ2v) is 10.7. The summed E-state index contributed by atoms with van der Waals surface area (Å²) in [6, 6.07) is 14.1. The minimum Gasteiger partial charge on any atom is -0.497 e. The fourth-order valence-corrected chi connectivity index (χ4v) is 5.71. The van der Waals surface area contributed by atoms with E-state index in [1.54, 1.807) is 40.7 Å². The van der Waals surface area contributed by atoms with Crippen LogP contribution < -0.4 is 40.9 Å². The zero-order valence-corrected chi connectivity index (χ0v) is 28.5. The van der Waals surface area contributed by atoms with Crippen LogP contribution in [0.15, 0.2) is 59.5 Å². The number of nitrogens with one attached hydrogen (secondary N) is 2. The van der Waals surface area contributed by atoms with Gasteiger partial charge in [-0.3, -0.25) is 14.2 Å². The fourth-order valence-electron chi connectivity index (χ4n) is 5.71. The lowest BCUT2D eigenvalue weighted by atomic mass is 9.89. The molecule has 14 heteroatoms. The molecule has 2 aromatic heterocycles. The van der Waals surface area contributed by atoms with Crippen LogP contribution in [0, 0.1) is 6.92 Å². The van der Waals surface area contributed by atoms with Gasteiger partial charge in [-0.05, 0) is 43.5 Å². The molecule has 4 aromatic rings. The summed E-state index contributed by atoms with van der Waals surface area (Å²) in [4.78, 5) is 35.8. The van der Waals surface area contributed by atoms with E-state index in [0.717, 1.165) is 22.4 Å². The highest BCUT2D eigenvalue weighted by atomic mass is 35.5. The molecular weight excluding hydrogens is 647 g/mol. The third kappa shape index (κ3) is 7.83. The lowest BCUT2D eigenvalue weighted by molar-refractivity contribution is -0.124. The SMILES string of the molecule is COc1ccc(C(CNc2ncc3n(c2=O)[C@H](C(=O)NCc2ccc(N)nc2C)CC3)c2ccc(OC)cc2OC)c(OC)c1.Cl.Cl. The summed E-state index contributed by atoms with van der Waals surface area (Å²) in [5, 5.41) is 6.22. The number of methoxy groups -OCH3 is 4. The number of aromatic nitrogens is 3. The molecule has 0 aliphatic carbocycles. The summed E-state index contributed by atoms with van der Waals surface area (Å²) in [5.74, 6) is 2.51. The Balaban J connectivity index is 0.00000300. The van der Waals surface area contributed by atoms with Crippen LogP contribution in [-0.4, -0.2) is 55.4 Å². The highest BCUT2D eigenvalue weighted by Crippen LogP contribution is 2.39. The maximum atomic E-state index is 13.8. The maximum absolute atomic E-state index is 13.8. The number of carbonyl (C=O) groups is 1. The van der Waals surface area contributed by atoms with Gasteiger partial charge in [-0.2, -0.15) is 0 Å². The van der Waals surface area contributed by atoms with Gasteiger partial charge in [0.2, 0.25) is 5.91 Å². The molecule has 1 aliphatic heterocycles. The number of amides is 1. The second kappa shape index (κ2) is 16.2. The Morgan fingerprint density at radius 3 is 2.13 bits per heavy atom. The number of carbonyl (C=O) groups excluding carboxylic acids is 1. The molecule has 0 saturated carbocycles. The topological polar surface area (TPSA) is 152 Å². The lowest BCUT2D eigenvalue weighted by Gasteiger charge is -2.24. The normalized spacial score (nSPS) is 13.1. The van der Waals surface area contributed by atoms with Gasteiger partial charge in [0, 0.05) is 59.9 Å². The number of nitrogens with zero attached hydrogens (tertiary/aromatic N) is 3. The smallest absolute Gasteiger partial charge is 0.294 e. The van der Waals surface area contributed by atoms with Gasteiger partial charge in [0.1, 0.15) is 34.9 Å². The van der Waals surface area contributed by atoms with Crippen LogP contribution in [0.4, 0.5) is 11.6 Å². The number of ether oxygens (including phenoxy) is 4. The highest BCUT2D eigenvalue weighted by Gasteiger charge is 2.31. The van der Waals surface area contributed by atoms with Gasteiger partial charge in [0.15, 0.2) is 5.82 Å². The number of nitrogen functional groups attached to an aromatic ring is 1. The first-order valence-corrected chi connectivity index (χ1v) is 14.6. The van der Waals surface area contributed by atoms with E-state index >= 15 is 0 Å². The molecule has 0 bridgehead atoms. The van der Waals surface area contributed by atoms with E-state index in [9.17, 15) is 9.59 Å². The summed E-state index contributed by atoms with van der Waals surface area (Å²) in [5.41, 5.74) is 9.40. The number of nitrogens with two attached hydrogens (primary N) is 1. The molecule has 0 saturated heterocycles. The Bertz CT molecular complexity index is 1710. The van der Waals surface area contributed by atoms with E-state index in [-0.39, 0.29) is 61.1 Å². The van der Waals surface area contributed by atoms with Crippen molar-refractivity contribution in [3.63, 3.8) is 0 Å². The molecular formula is C33H40Cl2N6O6. The summed E-state index contributed by atoms with van der Waals surface area (Å²) < 4.78 is 23.8. The predicted molar refractivity (Wildman–Crippen MR) is 185 cm³/mol. The second-order valence-electron chi connectivity index (χ2n) is 10.7. The fraction of sp³-hybridized carbons (Fsp3) is 0.333. The van der Waals surface area contributed by atoms with Crippen molar-refractivity contribution in [2.24, 2.45) is 0 Å². The van der Waals surface area contributed by atoms with Gasteiger partial charge in [-0.15, -0.1) is 24.8 Å². The number of aryl methyl sites for hydroxylation is 2. The van der Waals surface area contributed by atoms with Crippen LogP contribution in [0.5, 0.6) is 23.0 Å². The molecule has 4 N–H and O–H groups in total. The maximum Gasteiger partial charge on any atom is 0.294 e. The molecule has 0 radical (unpaired) electrons. The Hall–Kier alpha value is -4.68. The molecule has 3 heterocycles.